The van der Waals surface area contributed by atoms with E-state index in [0.29, 0.717) is 6.04 Å². The molecule has 0 radical (unpaired) electrons. The van der Waals surface area contributed by atoms with E-state index in [4.69, 9.17) is 0 Å². The highest BCUT2D eigenvalue weighted by Gasteiger charge is 2.34. The molecular formula is C16H26N2S. The fourth-order valence-corrected chi connectivity index (χ4v) is 4.66. The molecule has 2 fully saturated rings. The van der Waals surface area contributed by atoms with E-state index >= 15 is 0 Å². The van der Waals surface area contributed by atoms with E-state index < -0.39 is 0 Å². The van der Waals surface area contributed by atoms with Crippen LogP contribution in [0.5, 0.6) is 0 Å². The smallest absolute Gasteiger partial charge is 0.0386 e. The second-order valence-electron chi connectivity index (χ2n) is 6.13. The Morgan fingerprint density at radius 1 is 1.37 bits per heavy atom. The third-order valence-corrected chi connectivity index (χ3v) is 5.98. The Bertz CT molecular complexity index is 376. The molecule has 1 aliphatic carbocycles. The quantitative estimate of drug-likeness (QED) is 0.884. The van der Waals surface area contributed by atoms with Gasteiger partial charge in [0.15, 0.2) is 0 Å². The number of likely N-dealkylation sites (tertiary alicyclic amines) is 1. The van der Waals surface area contributed by atoms with Crippen LogP contribution in [0, 0.1) is 5.92 Å². The maximum Gasteiger partial charge on any atom is 0.0386 e. The molecular weight excluding hydrogens is 252 g/mol. The van der Waals surface area contributed by atoms with Crippen LogP contribution in [0.3, 0.4) is 0 Å². The van der Waals surface area contributed by atoms with Crippen LogP contribution >= 0.6 is 11.3 Å². The lowest BCUT2D eigenvalue weighted by Crippen LogP contribution is -2.45. The Morgan fingerprint density at radius 3 is 3.11 bits per heavy atom. The minimum atomic E-state index is 0.504. The molecule has 0 bridgehead atoms. The van der Waals surface area contributed by atoms with Crippen molar-refractivity contribution in [3.63, 3.8) is 0 Å². The van der Waals surface area contributed by atoms with Crippen LogP contribution in [0.15, 0.2) is 17.5 Å². The number of thiophene rings is 1. The van der Waals surface area contributed by atoms with Crippen molar-refractivity contribution >= 4 is 11.3 Å². The third-order valence-electron chi connectivity index (χ3n) is 4.93. The fraction of sp³-hybridized carbons (Fsp3) is 0.750. The van der Waals surface area contributed by atoms with E-state index in [-0.39, 0.29) is 0 Å². The van der Waals surface area contributed by atoms with Crippen LogP contribution in [0.2, 0.25) is 0 Å². The van der Waals surface area contributed by atoms with Crippen molar-refractivity contribution in [1.82, 2.24) is 10.2 Å². The lowest BCUT2D eigenvalue weighted by Gasteiger charge is -2.38. The van der Waals surface area contributed by atoms with Gasteiger partial charge in [-0.2, -0.15) is 0 Å². The van der Waals surface area contributed by atoms with Crippen LogP contribution < -0.4 is 5.32 Å². The molecule has 3 unspecified atom stereocenters. The Hall–Kier alpha value is -0.380. The number of hydrogen-bond donors (Lipinski definition) is 1. The molecule has 3 heteroatoms. The van der Waals surface area contributed by atoms with Gasteiger partial charge < -0.3 is 5.32 Å². The monoisotopic (exact) mass is 278 g/mol. The van der Waals surface area contributed by atoms with Gasteiger partial charge >= 0.3 is 0 Å². The first-order chi connectivity index (χ1) is 9.34. The van der Waals surface area contributed by atoms with Crippen molar-refractivity contribution in [2.24, 2.45) is 5.92 Å². The minimum Gasteiger partial charge on any atom is -0.308 e. The summed E-state index contributed by atoms with van der Waals surface area (Å²) in [7, 11) is 0. The van der Waals surface area contributed by atoms with Gasteiger partial charge in [0.1, 0.15) is 0 Å². The molecule has 0 spiro atoms. The summed E-state index contributed by atoms with van der Waals surface area (Å²) in [5.74, 6) is 1.02. The molecule has 2 nitrogen and oxygen atoms in total. The zero-order chi connectivity index (χ0) is 13.1. The number of piperidine rings is 1. The van der Waals surface area contributed by atoms with Crippen LogP contribution in [-0.2, 0) is 0 Å². The van der Waals surface area contributed by atoms with Gasteiger partial charge in [0, 0.05) is 30.1 Å². The Balaban J connectivity index is 1.44. The molecule has 0 aromatic carbocycles. The zero-order valence-corrected chi connectivity index (χ0v) is 12.8. The highest BCUT2D eigenvalue weighted by Crippen LogP contribution is 2.36. The molecule has 3 rings (SSSR count). The van der Waals surface area contributed by atoms with Crippen molar-refractivity contribution in [1.29, 1.82) is 0 Å². The number of nitrogens with one attached hydrogen (secondary N) is 1. The van der Waals surface area contributed by atoms with Crippen LogP contribution in [0.1, 0.15) is 49.9 Å². The van der Waals surface area contributed by atoms with Gasteiger partial charge in [0.25, 0.3) is 0 Å². The van der Waals surface area contributed by atoms with Crippen molar-refractivity contribution in [3.8, 4) is 0 Å². The molecule has 1 aliphatic heterocycles. The lowest BCUT2D eigenvalue weighted by atomic mass is 9.92. The van der Waals surface area contributed by atoms with Gasteiger partial charge in [-0.3, -0.25) is 4.90 Å². The number of hydrogen-bond acceptors (Lipinski definition) is 3. The van der Waals surface area contributed by atoms with Crippen molar-refractivity contribution in [3.05, 3.63) is 22.4 Å². The summed E-state index contributed by atoms with van der Waals surface area (Å²) >= 11 is 1.86. The van der Waals surface area contributed by atoms with Gasteiger partial charge in [-0.25, -0.2) is 0 Å². The van der Waals surface area contributed by atoms with Crippen LogP contribution in [-0.4, -0.2) is 30.6 Å². The molecule has 1 aromatic heterocycles. The first kappa shape index (κ1) is 13.6. The number of nitrogens with zero attached hydrogens (tertiary/aromatic N) is 1. The van der Waals surface area contributed by atoms with E-state index in [9.17, 15) is 0 Å². The summed E-state index contributed by atoms with van der Waals surface area (Å²) in [5, 5.41) is 5.85. The molecule has 1 saturated heterocycles. The summed E-state index contributed by atoms with van der Waals surface area (Å²) in [5.41, 5.74) is 0. The highest BCUT2D eigenvalue weighted by atomic mass is 32.1. The topological polar surface area (TPSA) is 15.3 Å². The summed E-state index contributed by atoms with van der Waals surface area (Å²) < 4.78 is 0. The van der Waals surface area contributed by atoms with Crippen molar-refractivity contribution < 1.29 is 0 Å². The fourth-order valence-electron chi connectivity index (χ4n) is 3.90. The van der Waals surface area contributed by atoms with Crippen molar-refractivity contribution in [2.45, 2.75) is 51.1 Å². The van der Waals surface area contributed by atoms with E-state index in [0.717, 1.165) is 18.5 Å². The standard InChI is InChI=1S/C16H26N2S/c1-13(16-8-4-12-19-16)17-9-11-18-10-3-6-14-5-2-7-15(14)18/h4,8,12-15,17H,2-3,5-7,9-11H2,1H3. The van der Waals surface area contributed by atoms with Crippen LogP contribution in [0.25, 0.3) is 0 Å². The van der Waals surface area contributed by atoms with Gasteiger partial charge in [-0.15, -0.1) is 11.3 Å². The molecule has 2 heterocycles. The number of fused-ring (bicyclic) bond motifs is 1. The minimum absolute atomic E-state index is 0.504. The second-order valence-corrected chi connectivity index (χ2v) is 7.11. The second kappa shape index (κ2) is 6.38. The average molecular weight is 278 g/mol. The van der Waals surface area contributed by atoms with Gasteiger partial charge in [-0.05, 0) is 56.5 Å². The maximum absolute atomic E-state index is 3.68. The molecule has 0 amide bonds. The Kier molecular flexibility index (Phi) is 4.57. The first-order valence-corrected chi connectivity index (χ1v) is 8.73. The van der Waals surface area contributed by atoms with E-state index in [1.807, 2.05) is 11.3 Å². The number of rotatable bonds is 5. The van der Waals surface area contributed by atoms with E-state index in [2.05, 4.69) is 34.7 Å². The molecule has 19 heavy (non-hydrogen) atoms. The molecule has 1 saturated carbocycles. The Morgan fingerprint density at radius 2 is 2.26 bits per heavy atom. The van der Waals surface area contributed by atoms with E-state index in [1.165, 1.54) is 50.1 Å². The first-order valence-electron chi connectivity index (χ1n) is 7.85. The predicted octanol–water partition coefficient (Wildman–Crippen LogP) is 3.66. The summed E-state index contributed by atoms with van der Waals surface area (Å²) in [6.45, 7) is 5.97. The summed E-state index contributed by atoms with van der Waals surface area (Å²) in [6.07, 6.45) is 7.30. The molecule has 3 atom stereocenters. The van der Waals surface area contributed by atoms with E-state index in [1.54, 1.807) is 0 Å². The van der Waals surface area contributed by atoms with Gasteiger partial charge in [-0.1, -0.05) is 12.5 Å². The van der Waals surface area contributed by atoms with Gasteiger partial charge in [0.05, 0.1) is 0 Å². The summed E-state index contributed by atoms with van der Waals surface area (Å²) in [4.78, 5) is 4.22. The van der Waals surface area contributed by atoms with Gasteiger partial charge in [0.2, 0.25) is 0 Å². The molecule has 1 N–H and O–H groups in total. The SMILES string of the molecule is CC(NCCN1CCCC2CCCC21)c1cccs1. The molecule has 106 valence electrons. The maximum atomic E-state index is 3.68. The lowest BCUT2D eigenvalue weighted by molar-refractivity contribution is 0.113. The van der Waals surface area contributed by atoms with Crippen LogP contribution in [0.4, 0.5) is 0 Å². The average Bonchev–Trinajstić information content (AvgIpc) is 3.10. The van der Waals surface area contributed by atoms with Crippen molar-refractivity contribution in [2.75, 3.05) is 19.6 Å². The third kappa shape index (κ3) is 3.21. The highest BCUT2D eigenvalue weighted by molar-refractivity contribution is 7.10. The zero-order valence-electron chi connectivity index (χ0n) is 12.0. The molecule has 1 aromatic rings. The Labute approximate surface area is 121 Å². The largest absolute Gasteiger partial charge is 0.308 e. The normalized spacial score (nSPS) is 29.3. The molecule has 2 aliphatic rings. The summed E-state index contributed by atoms with van der Waals surface area (Å²) in [6, 6.07) is 5.79. The predicted molar refractivity (Wildman–Crippen MR) is 82.7 cm³/mol.